The van der Waals surface area contributed by atoms with Crippen molar-refractivity contribution in [3.63, 3.8) is 0 Å². The third kappa shape index (κ3) is 4.79. The summed E-state index contributed by atoms with van der Waals surface area (Å²) in [6, 6.07) is 17.5. The zero-order valence-electron chi connectivity index (χ0n) is 17.7. The van der Waals surface area contributed by atoms with Crippen molar-refractivity contribution in [3.8, 4) is 10.4 Å². The molecule has 1 atom stereocenters. The average Bonchev–Trinajstić information content (AvgIpc) is 3.38. The maximum absolute atomic E-state index is 13.2. The number of amides is 2. The van der Waals surface area contributed by atoms with Crippen molar-refractivity contribution < 1.29 is 14.3 Å². The number of thiophene rings is 1. The fourth-order valence-corrected chi connectivity index (χ4v) is 4.55. The Bertz CT molecular complexity index is 1070. The second-order valence-corrected chi connectivity index (χ2v) is 8.58. The number of carbonyl (C=O) groups is 2. The summed E-state index contributed by atoms with van der Waals surface area (Å²) in [4.78, 5) is 33.2. The Morgan fingerprint density at radius 2 is 2.03 bits per heavy atom. The van der Waals surface area contributed by atoms with Gasteiger partial charge in [0, 0.05) is 30.6 Å². The van der Waals surface area contributed by atoms with Gasteiger partial charge in [-0.1, -0.05) is 42.5 Å². The predicted octanol–water partition coefficient (Wildman–Crippen LogP) is 3.57. The summed E-state index contributed by atoms with van der Waals surface area (Å²) in [6.07, 6.45) is 3.57. The molecule has 4 rings (SSSR count). The van der Waals surface area contributed by atoms with Crippen molar-refractivity contribution in [3.05, 3.63) is 90.1 Å². The zero-order valence-corrected chi connectivity index (χ0v) is 18.5. The van der Waals surface area contributed by atoms with Gasteiger partial charge in [-0.2, -0.15) is 0 Å². The van der Waals surface area contributed by atoms with Crippen molar-refractivity contribution in [1.82, 2.24) is 15.2 Å². The number of hydrogen-bond donors (Lipinski definition) is 1. The smallest absolute Gasteiger partial charge is 0.272 e. The van der Waals surface area contributed by atoms with E-state index >= 15 is 0 Å². The molecule has 0 spiro atoms. The largest absolute Gasteiger partial charge is 0.361 e. The van der Waals surface area contributed by atoms with Crippen LogP contribution in [0.25, 0.3) is 10.4 Å². The van der Waals surface area contributed by atoms with E-state index in [-0.39, 0.29) is 25.0 Å². The molecule has 0 unspecified atom stereocenters. The summed E-state index contributed by atoms with van der Waals surface area (Å²) in [7, 11) is 0. The number of benzene rings is 1. The molecule has 0 bridgehead atoms. The van der Waals surface area contributed by atoms with Crippen molar-refractivity contribution in [2.45, 2.75) is 12.0 Å². The Kier molecular flexibility index (Phi) is 6.78. The fourth-order valence-electron chi connectivity index (χ4n) is 3.82. The first-order chi connectivity index (χ1) is 15.6. The summed E-state index contributed by atoms with van der Waals surface area (Å²) in [5.41, 5.74) is 1.27. The van der Waals surface area contributed by atoms with Crippen LogP contribution in [0.1, 0.15) is 16.1 Å². The third-order valence-corrected chi connectivity index (χ3v) is 6.35. The topological polar surface area (TPSA) is 71.5 Å². The second kappa shape index (κ2) is 9.89. The Morgan fingerprint density at radius 3 is 2.72 bits per heavy atom. The SMILES string of the molecule is C=CCNC(=O)[C@@]1(Cc2ccc(-c3cccs3)cc2)CN(C(=O)c2ccccn2)CCO1. The molecule has 164 valence electrons. The molecule has 6 nitrogen and oxygen atoms in total. The number of morpholine rings is 1. The number of carbonyl (C=O) groups excluding carboxylic acids is 2. The first kappa shape index (κ1) is 21.9. The Balaban J connectivity index is 1.58. The van der Waals surface area contributed by atoms with Gasteiger partial charge in [0.15, 0.2) is 5.60 Å². The molecule has 1 saturated heterocycles. The van der Waals surface area contributed by atoms with Gasteiger partial charge in [0.05, 0.1) is 13.2 Å². The molecule has 7 heteroatoms. The molecule has 1 aliphatic heterocycles. The molecule has 2 amide bonds. The normalized spacial score (nSPS) is 18.2. The summed E-state index contributed by atoms with van der Waals surface area (Å²) in [5, 5.41) is 4.91. The highest BCUT2D eigenvalue weighted by Crippen LogP contribution is 2.28. The quantitative estimate of drug-likeness (QED) is 0.562. The molecular weight excluding hydrogens is 422 g/mol. The van der Waals surface area contributed by atoms with Crippen LogP contribution in [0.2, 0.25) is 0 Å². The summed E-state index contributed by atoms with van der Waals surface area (Å²) in [5.74, 6) is -0.457. The number of hydrogen-bond acceptors (Lipinski definition) is 5. The molecule has 0 radical (unpaired) electrons. The minimum absolute atomic E-state index is 0.151. The van der Waals surface area contributed by atoms with Crippen molar-refractivity contribution in [2.24, 2.45) is 0 Å². The molecule has 1 aliphatic rings. The molecule has 3 heterocycles. The first-order valence-corrected chi connectivity index (χ1v) is 11.4. The molecule has 1 aromatic carbocycles. The van der Waals surface area contributed by atoms with Crippen LogP contribution in [0, 0.1) is 0 Å². The van der Waals surface area contributed by atoms with Crippen LogP contribution in [0.4, 0.5) is 0 Å². The van der Waals surface area contributed by atoms with E-state index in [4.69, 9.17) is 4.74 Å². The van der Waals surface area contributed by atoms with E-state index < -0.39 is 5.60 Å². The van der Waals surface area contributed by atoms with E-state index in [1.165, 1.54) is 4.88 Å². The maximum Gasteiger partial charge on any atom is 0.272 e. The number of pyridine rings is 1. The fraction of sp³-hybridized carbons (Fsp3) is 0.240. The van der Waals surface area contributed by atoms with E-state index in [0.29, 0.717) is 25.2 Å². The lowest BCUT2D eigenvalue weighted by Gasteiger charge is -2.41. The predicted molar refractivity (Wildman–Crippen MR) is 125 cm³/mol. The lowest BCUT2D eigenvalue weighted by molar-refractivity contribution is -0.157. The summed E-state index contributed by atoms with van der Waals surface area (Å²) < 4.78 is 6.09. The minimum Gasteiger partial charge on any atom is -0.361 e. The van der Waals surface area contributed by atoms with Crippen LogP contribution in [0.3, 0.4) is 0 Å². The molecule has 1 fully saturated rings. The highest BCUT2D eigenvalue weighted by atomic mass is 32.1. The molecule has 0 saturated carbocycles. The summed E-state index contributed by atoms with van der Waals surface area (Å²) in [6.45, 7) is 4.83. The molecule has 2 aromatic heterocycles. The number of rotatable bonds is 7. The van der Waals surface area contributed by atoms with E-state index in [0.717, 1.165) is 11.1 Å². The van der Waals surface area contributed by atoms with Crippen LogP contribution in [0.5, 0.6) is 0 Å². The van der Waals surface area contributed by atoms with Gasteiger partial charge in [-0.25, -0.2) is 0 Å². The zero-order chi connectivity index (χ0) is 22.4. The van der Waals surface area contributed by atoms with E-state index in [9.17, 15) is 9.59 Å². The van der Waals surface area contributed by atoms with Gasteiger partial charge in [0.1, 0.15) is 5.69 Å². The van der Waals surface area contributed by atoms with Gasteiger partial charge in [-0.3, -0.25) is 14.6 Å². The standard InChI is InChI=1S/C25H25N3O3S/c1-2-12-27-24(30)25(17-19-8-10-20(11-9-19)22-7-5-16-32-22)18-28(14-15-31-25)23(29)21-6-3-4-13-26-21/h2-11,13,16H,1,12,14-15,17-18H2,(H,27,30)/t25-/m1/s1. The lowest BCUT2D eigenvalue weighted by atomic mass is 9.90. The van der Waals surface area contributed by atoms with Crippen molar-refractivity contribution in [2.75, 3.05) is 26.2 Å². The van der Waals surface area contributed by atoms with Crippen LogP contribution < -0.4 is 5.32 Å². The third-order valence-electron chi connectivity index (χ3n) is 5.43. The molecule has 3 aromatic rings. The monoisotopic (exact) mass is 447 g/mol. The Morgan fingerprint density at radius 1 is 1.19 bits per heavy atom. The van der Waals surface area contributed by atoms with Crippen LogP contribution in [-0.2, 0) is 16.0 Å². The molecule has 32 heavy (non-hydrogen) atoms. The number of aromatic nitrogens is 1. The minimum atomic E-state index is -1.18. The van der Waals surface area contributed by atoms with E-state index in [2.05, 4.69) is 35.1 Å². The van der Waals surface area contributed by atoms with Gasteiger partial charge in [-0.05, 0) is 34.7 Å². The molecule has 1 N–H and O–H groups in total. The number of ether oxygens (including phenoxy) is 1. The van der Waals surface area contributed by atoms with Gasteiger partial charge in [-0.15, -0.1) is 17.9 Å². The molecule has 0 aliphatic carbocycles. The molecular formula is C25H25N3O3S. The highest BCUT2D eigenvalue weighted by molar-refractivity contribution is 7.13. The summed E-state index contributed by atoms with van der Waals surface area (Å²) >= 11 is 1.68. The number of nitrogens with one attached hydrogen (secondary N) is 1. The van der Waals surface area contributed by atoms with Gasteiger partial charge in [0.25, 0.3) is 11.8 Å². The number of nitrogens with zero attached hydrogens (tertiary/aromatic N) is 2. The van der Waals surface area contributed by atoms with Gasteiger partial charge < -0.3 is 15.0 Å². The van der Waals surface area contributed by atoms with Gasteiger partial charge in [0.2, 0.25) is 0 Å². The van der Waals surface area contributed by atoms with Crippen LogP contribution in [-0.4, -0.2) is 53.5 Å². The van der Waals surface area contributed by atoms with Crippen LogP contribution in [0.15, 0.2) is 78.8 Å². The van der Waals surface area contributed by atoms with E-state index in [1.54, 1.807) is 46.7 Å². The first-order valence-electron chi connectivity index (χ1n) is 10.5. The lowest BCUT2D eigenvalue weighted by Crippen LogP contribution is -2.62. The Labute approximate surface area is 191 Å². The van der Waals surface area contributed by atoms with Crippen LogP contribution >= 0.6 is 11.3 Å². The average molecular weight is 448 g/mol. The van der Waals surface area contributed by atoms with Crippen molar-refractivity contribution in [1.29, 1.82) is 0 Å². The van der Waals surface area contributed by atoms with Crippen molar-refractivity contribution >= 4 is 23.2 Å². The second-order valence-electron chi connectivity index (χ2n) is 7.63. The Hall–Kier alpha value is -3.29. The van der Waals surface area contributed by atoms with Gasteiger partial charge >= 0.3 is 0 Å². The maximum atomic E-state index is 13.2. The van der Waals surface area contributed by atoms with E-state index in [1.807, 2.05) is 23.6 Å². The highest BCUT2D eigenvalue weighted by Gasteiger charge is 2.45.